The molecule has 1 aromatic rings. The van der Waals surface area contributed by atoms with E-state index in [1.165, 1.54) is 0 Å². The highest BCUT2D eigenvalue weighted by Crippen LogP contribution is 2.39. The molecule has 0 fully saturated rings. The molecule has 2 atom stereocenters. The van der Waals surface area contributed by atoms with Gasteiger partial charge in [-0.15, -0.1) is 0 Å². The standard InChI is InChI=1S/C14H21BrN2O3/c1-9(2-3-18)17-12(8-16)10-6-11(15)14-13(7-10)19-4-5-20-14/h6-7,9,12,17-18H,2-5,8,16H2,1H3. The summed E-state index contributed by atoms with van der Waals surface area (Å²) in [5.74, 6) is 1.50. The highest BCUT2D eigenvalue weighted by atomic mass is 79.9. The van der Waals surface area contributed by atoms with Crippen LogP contribution in [-0.4, -0.2) is 37.5 Å². The molecule has 0 aromatic heterocycles. The van der Waals surface area contributed by atoms with Crippen molar-refractivity contribution in [2.75, 3.05) is 26.4 Å². The highest BCUT2D eigenvalue weighted by molar-refractivity contribution is 9.10. The Kier molecular flexibility index (Phi) is 5.65. The van der Waals surface area contributed by atoms with Gasteiger partial charge in [0.05, 0.1) is 4.47 Å². The zero-order valence-corrected chi connectivity index (χ0v) is 13.1. The third-order valence-corrected chi connectivity index (χ3v) is 3.89. The fraction of sp³-hybridized carbons (Fsp3) is 0.571. The molecule has 0 radical (unpaired) electrons. The van der Waals surface area contributed by atoms with E-state index in [9.17, 15) is 0 Å². The Morgan fingerprint density at radius 3 is 2.85 bits per heavy atom. The molecule has 0 bridgehead atoms. The summed E-state index contributed by atoms with van der Waals surface area (Å²) in [6.07, 6.45) is 0.697. The number of rotatable bonds is 6. The molecule has 0 amide bonds. The maximum Gasteiger partial charge on any atom is 0.175 e. The van der Waals surface area contributed by atoms with Crippen LogP contribution in [0, 0.1) is 0 Å². The van der Waals surface area contributed by atoms with Crippen LogP contribution in [0.15, 0.2) is 16.6 Å². The van der Waals surface area contributed by atoms with Crippen LogP contribution in [0.4, 0.5) is 0 Å². The topological polar surface area (TPSA) is 76.7 Å². The summed E-state index contributed by atoms with van der Waals surface area (Å²) in [4.78, 5) is 0. The van der Waals surface area contributed by atoms with Gasteiger partial charge in [-0.05, 0) is 47.0 Å². The lowest BCUT2D eigenvalue weighted by Crippen LogP contribution is -2.35. The molecule has 20 heavy (non-hydrogen) atoms. The number of aliphatic hydroxyl groups is 1. The lowest BCUT2D eigenvalue weighted by atomic mass is 10.0. The zero-order chi connectivity index (χ0) is 14.5. The summed E-state index contributed by atoms with van der Waals surface area (Å²) in [5.41, 5.74) is 6.91. The molecule has 112 valence electrons. The Bertz CT molecular complexity index is 456. The largest absolute Gasteiger partial charge is 0.486 e. The fourth-order valence-corrected chi connectivity index (χ4v) is 2.83. The molecular formula is C14H21BrN2O3. The third kappa shape index (κ3) is 3.63. The predicted octanol–water partition coefficient (Wildman–Crippen LogP) is 1.58. The SMILES string of the molecule is CC(CCO)NC(CN)c1cc(Br)c2c(c1)OCCO2. The van der Waals surface area contributed by atoms with Crippen LogP contribution in [0.25, 0.3) is 0 Å². The van der Waals surface area contributed by atoms with Gasteiger partial charge in [0.25, 0.3) is 0 Å². The van der Waals surface area contributed by atoms with Gasteiger partial charge in [0.1, 0.15) is 13.2 Å². The third-order valence-electron chi connectivity index (χ3n) is 3.31. The van der Waals surface area contributed by atoms with Gasteiger partial charge in [0, 0.05) is 25.2 Å². The minimum absolute atomic E-state index is 0.0173. The first-order valence-electron chi connectivity index (χ1n) is 6.81. The van der Waals surface area contributed by atoms with Crippen molar-refractivity contribution in [3.63, 3.8) is 0 Å². The number of nitrogens with one attached hydrogen (secondary N) is 1. The molecule has 0 saturated heterocycles. The number of fused-ring (bicyclic) bond motifs is 1. The highest BCUT2D eigenvalue weighted by Gasteiger charge is 2.20. The van der Waals surface area contributed by atoms with E-state index >= 15 is 0 Å². The second-order valence-electron chi connectivity index (χ2n) is 4.90. The number of halogens is 1. The minimum atomic E-state index is 0.0173. The van der Waals surface area contributed by atoms with Crippen molar-refractivity contribution < 1.29 is 14.6 Å². The second kappa shape index (κ2) is 7.26. The van der Waals surface area contributed by atoms with Crippen LogP contribution in [0.5, 0.6) is 11.5 Å². The number of ether oxygens (including phenoxy) is 2. The lowest BCUT2D eigenvalue weighted by Gasteiger charge is -2.25. The van der Waals surface area contributed by atoms with Gasteiger partial charge in [0.2, 0.25) is 0 Å². The van der Waals surface area contributed by atoms with Gasteiger partial charge in [-0.3, -0.25) is 0 Å². The van der Waals surface area contributed by atoms with E-state index in [4.69, 9.17) is 20.3 Å². The van der Waals surface area contributed by atoms with Crippen molar-refractivity contribution in [2.24, 2.45) is 5.73 Å². The van der Waals surface area contributed by atoms with Gasteiger partial charge in [-0.1, -0.05) is 0 Å². The molecule has 1 aromatic carbocycles. The summed E-state index contributed by atoms with van der Waals surface area (Å²) in [6.45, 7) is 3.80. The Morgan fingerprint density at radius 1 is 1.40 bits per heavy atom. The smallest absolute Gasteiger partial charge is 0.175 e. The normalized spacial score (nSPS) is 16.8. The second-order valence-corrected chi connectivity index (χ2v) is 5.75. The van der Waals surface area contributed by atoms with Crippen molar-refractivity contribution in [1.82, 2.24) is 5.32 Å². The van der Waals surface area contributed by atoms with E-state index in [0.29, 0.717) is 26.2 Å². The van der Waals surface area contributed by atoms with Gasteiger partial charge >= 0.3 is 0 Å². The van der Waals surface area contributed by atoms with Crippen molar-refractivity contribution in [2.45, 2.75) is 25.4 Å². The van der Waals surface area contributed by atoms with Crippen LogP contribution >= 0.6 is 15.9 Å². The molecule has 2 unspecified atom stereocenters. The number of hydrogen-bond donors (Lipinski definition) is 3. The van der Waals surface area contributed by atoms with Gasteiger partial charge < -0.3 is 25.6 Å². The van der Waals surface area contributed by atoms with Crippen LogP contribution in [0.1, 0.15) is 24.9 Å². The maximum atomic E-state index is 8.98. The van der Waals surface area contributed by atoms with Crippen molar-refractivity contribution in [3.05, 3.63) is 22.2 Å². The van der Waals surface area contributed by atoms with Crippen molar-refractivity contribution in [3.8, 4) is 11.5 Å². The first-order chi connectivity index (χ1) is 9.65. The average Bonchev–Trinajstić information content (AvgIpc) is 2.45. The molecule has 1 heterocycles. The van der Waals surface area contributed by atoms with Crippen LogP contribution in [0.2, 0.25) is 0 Å². The van der Waals surface area contributed by atoms with Gasteiger partial charge in [-0.25, -0.2) is 0 Å². The van der Waals surface area contributed by atoms with Crippen molar-refractivity contribution >= 4 is 15.9 Å². The molecule has 5 nitrogen and oxygen atoms in total. The zero-order valence-electron chi connectivity index (χ0n) is 11.6. The summed E-state index contributed by atoms with van der Waals surface area (Å²) >= 11 is 3.51. The Hall–Kier alpha value is -0.820. The molecule has 2 rings (SSSR count). The van der Waals surface area contributed by atoms with E-state index in [-0.39, 0.29) is 18.7 Å². The fourth-order valence-electron chi connectivity index (χ4n) is 2.25. The molecule has 0 aliphatic carbocycles. The maximum absolute atomic E-state index is 8.98. The molecule has 0 saturated carbocycles. The number of nitrogens with two attached hydrogens (primary N) is 1. The summed E-state index contributed by atoms with van der Waals surface area (Å²) < 4.78 is 12.1. The number of aliphatic hydroxyl groups excluding tert-OH is 1. The van der Waals surface area contributed by atoms with Gasteiger partial charge in [0.15, 0.2) is 11.5 Å². The minimum Gasteiger partial charge on any atom is -0.486 e. The van der Waals surface area contributed by atoms with E-state index in [2.05, 4.69) is 21.2 Å². The average molecular weight is 345 g/mol. The van der Waals surface area contributed by atoms with E-state index in [1.54, 1.807) is 0 Å². The first-order valence-corrected chi connectivity index (χ1v) is 7.61. The quantitative estimate of drug-likeness (QED) is 0.730. The van der Waals surface area contributed by atoms with Crippen LogP contribution in [-0.2, 0) is 0 Å². The lowest BCUT2D eigenvalue weighted by molar-refractivity contribution is 0.170. The molecule has 6 heteroatoms. The molecule has 4 N–H and O–H groups in total. The van der Waals surface area contributed by atoms with Crippen molar-refractivity contribution in [1.29, 1.82) is 0 Å². The predicted molar refractivity (Wildman–Crippen MR) is 81.2 cm³/mol. The Morgan fingerprint density at radius 2 is 2.15 bits per heavy atom. The molecule has 0 spiro atoms. The van der Waals surface area contributed by atoms with Crippen LogP contribution < -0.4 is 20.5 Å². The summed E-state index contributed by atoms with van der Waals surface area (Å²) in [7, 11) is 0. The molecule has 1 aliphatic rings. The van der Waals surface area contributed by atoms with Gasteiger partial charge in [-0.2, -0.15) is 0 Å². The van der Waals surface area contributed by atoms with E-state index in [1.807, 2.05) is 19.1 Å². The molecule has 1 aliphatic heterocycles. The first kappa shape index (κ1) is 15.6. The van der Waals surface area contributed by atoms with E-state index < -0.39 is 0 Å². The summed E-state index contributed by atoms with van der Waals surface area (Å²) in [6, 6.07) is 4.18. The monoisotopic (exact) mass is 344 g/mol. The Balaban J connectivity index is 2.19. The molecular weight excluding hydrogens is 324 g/mol. The summed E-state index contributed by atoms with van der Waals surface area (Å²) in [5, 5.41) is 12.4. The number of hydrogen-bond acceptors (Lipinski definition) is 5. The number of benzene rings is 1. The van der Waals surface area contributed by atoms with Crippen LogP contribution in [0.3, 0.4) is 0 Å². The van der Waals surface area contributed by atoms with E-state index in [0.717, 1.165) is 21.5 Å². The Labute approximate surface area is 127 Å².